The van der Waals surface area contributed by atoms with E-state index in [1.165, 1.54) is 11.1 Å². The van der Waals surface area contributed by atoms with E-state index in [9.17, 15) is 4.79 Å². The fraction of sp³-hybridized carbons (Fsp3) is 0.304. The highest BCUT2D eigenvalue weighted by Gasteiger charge is 2.18. The van der Waals surface area contributed by atoms with Crippen molar-refractivity contribution in [2.75, 3.05) is 13.2 Å². The van der Waals surface area contributed by atoms with Gasteiger partial charge in [0.15, 0.2) is 4.96 Å². The van der Waals surface area contributed by atoms with Crippen LogP contribution in [0.4, 0.5) is 0 Å². The number of carbonyl (C=O) groups excluding carboxylic acids is 1. The van der Waals surface area contributed by atoms with Crippen molar-refractivity contribution in [3.63, 3.8) is 0 Å². The molecular weight excluding hydrogens is 382 g/mol. The minimum absolute atomic E-state index is 0.0515. The van der Waals surface area contributed by atoms with Crippen LogP contribution in [0.1, 0.15) is 34.3 Å². The van der Waals surface area contributed by atoms with Gasteiger partial charge < -0.3 is 10.1 Å². The molecule has 1 unspecified atom stereocenters. The highest BCUT2D eigenvalue weighted by Crippen LogP contribution is 2.31. The van der Waals surface area contributed by atoms with E-state index in [4.69, 9.17) is 9.72 Å². The molecule has 5 rings (SSSR count). The van der Waals surface area contributed by atoms with Crippen LogP contribution in [-0.4, -0.2) is 34.5 Å². The van der Waals surface area contributed by atoms with Gasteiger partial charge in [-0.2, -0.15) is 0 Å². The second kappa shape index (κ2) is 7.28. The number of hydrogen-bond donors (Lipinski definition) is 1. The normalized spacial score (nSPS) is 16.7. The van der Waals surface area contributed by atoms with Gasteiger partial charge in [0.1, 0.15) is 0 Å². The largest absolute Gasteiger partial charge is 0.376 e. The van der Waals surface area contributed by atoms with Gasteiger partial charge in [-0.05, 0) is 50.5 Å². The maximum absolute atomic E-state index is 12.5. The van der Waals surface area contributed by atoms with Crippen LogP contribution < -0.4 is 5.32 Å². The average molecular weight is 406 g/mol. The molecule has 6 heteroatoms. The third kappa shape index (κ3) is 3.43. The molecule has 5 nitrogen and oxygen atoms in total. The zero-order chi connectivity index (χ0) is 20.0. The van der Waals surface area contributed by atoms with E-state index in [-0.39, 0.29) is 12.0 Å². The zero-order valence-corrected chi connectivity index (χ0v) is 17.4. The van der Waals surface area contributed by atoms with Crippen molar-refractivity contribution < 1.29 is 9.53 Å². The molecule has 1 aliphatic heterocycles. The van der Waals surface area contributed by atoms with E-state index >= 15 is 0 Å². The number of aryl methyl sites for hydroxylation is 2. The fourth-order valence-corrected chi connectivity index (χ4v) is 5.03. The van der Waals surface area contributed by atoms with Crippen molar-refractivity contribution in [3.8, 4) is 11.3 Å². The maximum atomic E-state index is 12.5. The number of benzene rings is 2. The molecule has 0 aliphatic carbocycles. The van der Waals surface area contributed by atoms with Gasteiger partial charge in [-0.25, -0.2) is 4.98 Å². The lowest BCUT2D eigenvalue weighted by atomic mass is 10.0. The van der Waals surface area contributed by atoms with Gasteiger partial charge in [-0.15, -0.1) is 0 Å². The number of ether oxygens (including phenoxy) is 1. The highest BCUT2D eigenvalue weighted by molar-refractivity contribution is 7.23. The Labute approximate surface area is 173 Å². The number of imidazole rings is 1. The van der Waals surface area contributed by atoms with Crippen LogP contribution in [-0.2, 0) is 4.74 Å². The Hall–Kier alpha value is -2.70. The Bertz CT molecular complexity index is 1220. The lowest BCUT2D eigenvalue weighted by molar-refractivity contribution is 0.0858. The first-order valence-electron chi connectivity index (χ1n) is 9.97. The summed E-state index contributed by atoms with van der Waals surface area (Å²) in [5.41, 5.74) is 6.37. The second-order valence-corrected chi connectivity index (χ2v) is 8.74. The topological polar surface area (TPSA) is 55.6 Å². The molecule has 1 saturated heterocycles. The van der Waals surface area contributed by atoms with E-state index in [2.05, 4.69) is 48.0 Å². The quantitative estimate of drug-likeness (QED) is 0.533. The molecule has 0 saturated carbocycles. The minimum atomic E-state index is -0.0515. The van der Waals surface area contributed by atoms with E-state index in [1.807, 2.05) is 18.2 Å². The highest BCUT2D eigenvalue weighted by atomic mass is 32.1. The van der Waals surface area contributed by atoms with Crippen LogP contribution in [0.2, 0.25) is 0 Å². The number of nitrogens with zero attached hydrogens (tertiary/aromatic N) is 2. The third-order valence-electron chi connectivity index (χ3n) is 5.53. The van der Waals surface area contributed by atoms with Crippen LogP contribution in [0.25, 0.3) is 26.4 Å². The SMILES string of the molecule is Cc1ccc(-c2cn3c(n2)sc2cc(C(=O)NCC4CCCO4)ccc23)c(C)c1. The van der Waals surface area contributed by atoms with Crippen molar-refractivity contribution in [1.29, 1.82) is 0 Å². The Morgan fingerprint density at radius 2 is 2.17 bits per heavy atom. The zero-order valence-electron chi connectivity index (χ0n) is 16.6. The molecule has 0 spiro atoms. The summed E-state index contributed by atoms with van der Waals surface area (Å²) in [6.45, 7) is 5.59. The maximum Gasteiger partial charge on any atom is 0.251 e. The van der Waals surface area contributed by atoms with Crippen molar-refractivity contribution in [1.82, 2.24) is 14.7 Å². The summed E-state index contributed by atoms with van der Waals surface area (Å²) >= 11 is 1.61. The molecule has 148 valence electrons. The summed E-state index contributed by atoms with van der Waals surface area (Å²) in [6, 6.07) is 12.3. The number of rotatable bonds is 4. The Morgan fingerprint density at radius 1 is 1.28 bits per heavy atom. The number of aromatic nitrogens is 2. The summed E-state index contributed by atoms with van der Waals surface area (Å²) in [5.74, 6) is -0.0515. The molecule has 3 heterocycles. The van der Waals surface area contributed by atoms with E-state index in [0.717, 1.165) is 45.9 Å². The van der Waals surface area contributed by atoms with Crippen molar-refractivity contribution in [2.24, 2.45) is 0 Å². The molecule has 1 aliphatic rings. The number of fused-ring (bicyclic) bond motifs is 3. The Kier molecular flexibility index (Phi) is 4.60. The molecule has 2 aromatic carbocycles. The number of hydrogen-bond acceptors (Lipinski definition) is 4. The standard InChI is InChI=1S/C23H23N3O2S/c1-14-5-7-18(15(2)10-14)19-13-26-20-8-6-16(11-21(20)29-23(26)25-19)22(27)24-12-17-4-3-9-28-17/h5-8,10-11,13,17H,3-4,9,12H2,1-2H3,(H,24,27). The first kappa shape index (κ1) is 18.3. The number of thiazole rings is 1. The molecule has 1 atom stereocenters. The number of amides is 1. The molecule has 0 radical (unpaired) electrons. The van der Waals surface area contributed by atoms with Gasteiger partial charge >= 0.3 is 0 Å². The molecule has 1 N–H and O–H groups in total. The summed E-state index contributed by atoms with van der Waals surface area (Å²) < 4.78 is 8.75. The lowest BCUT2D eigenvalue weighted by Gasteiger charge is -2.10. The van der Waals surface area contributed by atoms with Gasteiger partial charge in [0, 0.05) is 30.5 Å². The van der Waals surface area contributed by atoms with Gasteiger partial charge in [-0.3, -0.25) is 9.20 Å². The molecular formula is C23H23N3O2S. The summed E-state index contributed by atoms with van der Waals surface area (Å²) in [6.07, 6.45) is 4.33. The Morgan fingerprint density at radius 3 is 2.97 bits per heavy atom. The minimum Gasteiger partial charge on any atom is -0.376 e. The molecule has 1 fully saturated rings. The first-order valence-corrected chi connectivity index (χ1v) is 10.8. The predicted octanol–water partition coefficient (Wildman–Crippen LogP) is 4.74. The molecule has 4 aromatic rings. The average Bonchev–Trinajstić information content (AvgIpc) is 3.41. The summed E-state index contributed by atoms with van der Waals surface area (Å²) in [7, 11) is 0. The molecule has 29 heavy (non-hydrogen) atoms. The van der Waals surface area contributed by atoms with Gasteiger partial charge in [0.05, 0.1) is 22.0 Å². The number of nitrogens with one attached hydrogen (secondary N) is 1. The summed E-state index contributed by atoms with van der Waals surface area (Å²) in [5, 5.41) is 2.99. The van der Waals surface area contributed by atoms with Gasteiger partial charge in [0.25, 0.3) is 5.91 Å². The second-order valence-electron chi connectivity index (χ2n) is 7.73. The molecule has 2 aromatic heterocycles. The fourth-order valence-electron chi connectivity index (χ4n) is 3.99. The smallest absolute Gasteiger partial charge is 0.251 e. The lowest BCUT2D eigenvalue weighted by Crippen LogP contribution is -2.31. The Balaban J connectivity index is 1.42. The van der Waals surface area contributed by atoms with Crippen LogP contribution in [0, 0.1) is 13.8 Å². The van der Waals surface area contributed by atoms with E-state index < -0.39 is 0 Å². The van der Waals surface area contributed by atoms with Crippen LogP contribution in [0.15, 0.2) is 42.6 Å². The van der Waals surface area contributed by atoms with Crippen molar-refractivity contribution in [3.05, 3.63) is 59.3 Å². The van der Waals surface area contributed by atoms with Crippen LogP contribution in [0.3, 0.4) is 0 Å². The van der Waals surface area contributed by atoms with Crippen molar-refractivity contribution in [2.45, 2.75) is 32.8 Å². The third-order valence-corrected chi connectivity index (χ3v) is 6.55. The van der Waals surface area contributed by atoms with E-state index in [0.29, 0.717) is 12.1 Å². The van der Waals surface area contributed by atoms with Crippen LogP contribution >= 0.6 is 11.3 Å². The van der Waals surface area contributed by atoms with Gasteiger partial charge in [0.2, 0.25) is 0 Å². The van der Waals surface area contributed by atoms with Gasteiger partial charge in [-0.1, -0.05) is 35.1 Å². The van der Waals surface area contributed by atoms with Crippen LogP contribution in [0.5, 0.6) is 0 Å². The van der Waals surface area contributed by atoms with Crippen molar-refractivity contribution >= 4 is 32.4 Å². The first-order chi connectivity index (χ1) is 14.1. The van der Waals surface area contributed by atoms with E-state index in [1.54, 1.807) is 11.3 Å². The molecule has 0 bridgehead atoms. The number of carbonyl (C=O) groups is 1. The molecule has 1 amide bonds. The summed E-state index contributed by atoms with van der Waals surface area (Å²) in [4.78, 5) is 18.3. The monoisotopic (exact) mass is 405 g/mol. The predicted molar refractivity (Wildman–Crippen MR) is 117 cm³/mol.